The highest BCUT2D eigenvalue weighted by atomic mass is 19.4. The molecule has 2 fully saturated rings. The molecule has 3 aliphatic rings. The number of allylic oxidation sites excluding steroid dienone is 1. The molecule has 1 aromatic rings. The highest BCUT2D eigenvalue weighted by Crippen LogP contribution is 2.69. The summed E-state index contributed by atoms with van der Waals surface area (Å²) in [5.74, 6) is 1.15. The topological polar surface area (TPSA) is 60.7 Å². The Balaban J connectivity index is 1.57. The number of aryl methyl sites for hydroxylation is 1. The zero-order valence-electron chi connectivity index (χ0n) is 19.4. The minimum Gasteiger partial charge on any atom is -0.508 e. The average molecular weight is 467 g/mol. The predicted octanol–water partition coefficient (Wildman–Crippen LogP) is 6.27. The van der Waals surface area contributed by atoms with E-state index >= 15 is 0 Å². The van der Waals surface area contributed by atoms with Gasteiger partial charge in [0.1, 0.15) is 11.9 Å². The number of hydrogen-bond acceptors (Lipinski definition) is 3. The summed E-state index contributed by atoms with van der Waals surface area (Å²) >= 11 is 0. The van der Waals surface area contributed by atoms with Crippen molar-refractivity contribution in [3.63, 3.8) is 0 Å². The molecule has 1 aromatic carbocycles. The van der Waals surface area contributed by atoms with Gasteiger partial charge in [0, 0.05) is 0 Å². The van der Waals surface area contributed by atoms with Crippen LogP contribution in [0.25, 0.3) is 0 Å². The first kappa shape index (κ1) is 24.6. The number of rotatable bonds is 7. The maximum atomic E-state index is 12.6. The molecule has 2 saturated carbocycles. The molecule has 3 aliphatic carbocycles. The van der Waals surface area contributed by atoms with Crippen LogP contribution in [0.1, 0.15) is 81.8 Å². The van der Waals surface area contributed by atoms with Crippen molar-refractivity contribution in [3.05, 3.63) is 42.0 Å². The van der Waals surface area contributed by atoms with Crippen molar-refractivity contribution in [1.29, 1.82) is 0 Å². The van der Waals surface area contributed by atoms with Gasteiger partial charge in [-0.05, 0) is 96.8 Å². The molecule has 3 N–H and O–H groups in total. The van der Waals surface area contributed by atoms with E-state index in [9.17, 15) is 28.5 Å². The third-order valence-electron chi connectivity index (χ3n) is 9.29. The Labute approximate surface area is 194 Å². The van der Waals surface area contributed by atoms with E-state index in [0.717, 1.165) is 44.9 Å². The second-order valence-corrected chi connectivity index (χ2v) is 11.0. The summed E-state index contributed by atoms with van der Waals surface area (Å²) in [5.41, 5.74) is 2.14. The first-order valence-corrected chi connectivity index (χ1v) is 12.4. The number of halogens is 3. The van der Waals surface area contributed by atoms with E-state index in [1.165, 1.54) is 11.1 Å². The lowest BCUT2D eigenvalue weighted by molar-refractivity contribution is -0.205. The van der Waals surface area contributed by atoms with Gasteiger partial charge in [-0.25, -0.2) is 0 Å². The summed E-state index contributed by atoms with van der Waals surface area (Å²) in [7, 11) is 0. The van der Waals surface area contributed by atoms with Crippen molar-refractivity contribution in [2.24, 2.45) is 22.7 Å². The number of aromatic hydroxyl groups is 1. The average Bonchev–Trinajstić information content (AvgIpc) is 3.06. The van der Waals surface area contributed by atoms with Crippen molar-refractivity contribution in [2.45, 2.75) is 95.4 Å². The van der Waals surface area contributed by atoms with Gasteiger partial charge in [0.05, 0.1) is 6.10 Å². The van der Waals surface area contributed by atoms with Gasteiger partial charge >= 0.3 is 6.18 Å². The van der Waals surface area contributed by atoms with Crippen molar-refractivity contribution in [1.82, 2.24) is 0 Å². The number of hydrogen-bond donors (Lipinski definition) is 3. The van der Waals surface area contributed by atoms with Crippen LogP contribution in [0, 0.1) is 22.7 Å². The lowest BCUT2D eigenvalue weighted by Gasteiger charge is -2.60. The quantitative estimate of drug-likeness (QED) is 0.328. The summed E-state index contributed by atoms with van der Waals surface area (Å²) in [6.45, 7) is 6.51. The van der Waals surface area contributed by atoms with Crippen LogP contribution >= 0.6 is 0 Å². The molecule has 33 heavy (non-hydrogen) atoms. The second-order valence-electron chi connectivity index (χ2n) is 11.0. The van der Waals surface area contributed by atoms with Crippen LogP contribution < -0.4 is 0 Å². The second kappa shape index (κ2) is 8.92. The van der Waals surface area contributed by atoms with Crippen molar-refractivity contribution >= 4 is 0 Å². The molecule has 6 heteroatoms. The van der Waals surface area contributed by atoms with E-state index in [0.29, 0.717) is 18.8 Å². The minimum absolute atomic E-state index is 0.119. The SMILES string of the molecule is C=CC12CCc3cc(O)ccc3[C@H]1[C@@H](CCCCCC(O)C(F)(F)F)C[C@]1(C)[C@@H](O)CC[C@@H]21. The Morgan fingerprint density at radius 2 is 1.97 bits per heavy atom. The van der Waals surface area contributed by atoms with Crippen LogP contribution in [0.5, 0.6) is 5.75 Å². The standard InChI is InChI=1S/C27H37F3O3/c1-3-26-14-13-17-15-19(31)9-10-20(17)24(26)18(16-25(2)21(26)11-12-22(25)32)7-5-4-6-8-23(33)27(28,29)30/h3,9-10,15,18,21-24,31-33H,1,4-8,11-14,16H2,2H3/t18-,21+,22-,23?,24+,25-,26?/m0/s1. The normalized spacial score (nSPS) is 36.5. The van der Waals surface area contributed by atoms with Crippen molar-refractivity contribution in [2.75, 3.05) is 0 Å². The number of fused-ring (bicyclic) bond motifs is 5. The zero-order chi connectivity index (χ0) is 24.0. The van der Waals surface area contributed by atoms with Crippen LogP contribution in [0.4, 0.5) is 13.2 Å². The highest BCUT2D eigenvalue weighted by molar-refractivity contribution is 5.43. The highest BCUT2D eigenvalue weighted by Gasteiger charge is 2.63. The summed E-state index contributed by atoms with van der Waals surface area (Å²) in [5, 5.41) is 30.3. The number of aliphatic hydroxyl groups excluding tert-OH is 2. The molecule has 0 bridgehead atoms. The van der Waals surface area contributed by atoms with E-state index in [2.05, 4.69) is 19.6 Å². The summed E-state index contributed by atoms with van der Waals surface area (Å²) in [6, 6.07) is 5.67. The predicted molar refractivity (Wildman–Crippen MR) is 122 cm³/mol. The zero-order valence-corrected chi connectivity index (χ0v) is 19.4. The fourth-order valence-electron chi connectivity index (χ4n) is 7.78. The van der Waals surface area contributed by atoms with E-state index in [1.54, 1.807) is 6.07 Å². The van der Waals surface area contributed by atoms with E-state index in [4.69, 9.17) is 0 Å². The molecule has 0 aliphatic heterocycles. The van der Waals surface area contributed by atoms with Crippen LogP contribution in [0.2, 0.25) is 0 Å². The summed E-state index contributed by atoms with van der Waals surface area (Å²) < 4.78 is 37.8. The summed E-state index contributed by atoms with van der Waals surface area (Å²) in [4.78, 5) is 0. The fourth-order valence-corrected chi connectivity index (χ4v) is 7.78. The van der Waals surface area contributed by atoms with Gasteiger partial charge < -0.3 is 15.3 Å². The monoisotopic (exact) mass is 466 g/mol. The van der Waals surface area contributed by atoms with Crippen LogP contribution in [0.15, 0.2) is 30.9 Å². The van der Waals surface area contributed by atoms with Crippen molar-refractivity contribution < 1.29 is 28.5 Å². The molecule has 0 radical (unpaired) electrons. The molecule has 4 rings (SSSR count). The molecule has 0 amide bonds. The smallest absolute Gasteiger partial charge is 0.414 e. The Bertz CT molecular complexity index is 869. The van der Waals surface area contributed by atoms with Gasteiger partial charge in [-0.1, -0.05) is 38.3 Å². The molecule has 184 valence electrons. The number of phenolic OH excluding ortho intramolecular Hbond substituents is 1. The summed E-state index contributed by atoms with van der Waals surface area (Å²) in [6.07, 6.45) is 1.89. The Kier molecular flexibility index (Phi) is 6.65. The van der Waals surface area contributed by atoms with Gasteiger partial charge in [0.2, 0.25) is 0 Å². The Hall–Kier alpha value is -1.53. The molecule has 0 aromatic heterocycles. The lowest BCUT2D eigenvalue weighted by Crippen LogP contribution is -2.54. The molecule has 2 unspecified atom stereocenters. The van der Waals surface area contributed by atoms with Crippen molar-refractivity contribution in [3.8, 4) is 5.75 Å². The third kappa shape index (κ3) is 4.22. The van der Waals surface area contributed by atoms with Gasteiger partial charge in [-0.15, -0.1) is 6.58 Å². The number of unbranched alkanes of at least 4 members (excludes halogenated alkanes) is 2. The van der Waals surface area contributed by atoms with E-state index in [-0.39, 0.29) is 40.9 Å². The molecule has 0 heterocycles. The van der Waals surface area contributed by atoms with E-state index in [1.807, 2.05) is 12.1 Å². The molecule has 0 saturated heterocycles. The maximum absolute atomic E-state index is 12.6. The largest absolute Gasteiger partial charge is 0.508 e. The third-order valence-corrected chi connectivity index (χ3v) is 9.29. The minimum atomic E-state index is -4.55. The molecular formula is C27H37F3O3. The van der Waals surface area contributed by atoms with Gasteiger partial charge in [0.15, 0.2) is 0 Å². The molecule has 3 nitrogen and oxygen atoms in total. The van der Waals surface area contributed by atoms with Gasteiger partial charge in [0.25, 0.3) is 0 Å². The Morgan fingerprint density at radius 3 is 2.67 bits per heavy atom. The van der Waals surface area contributed by atoms with Crippen LogP contribution in [-0.4, -0.2) is 33.7 Å². The number of alkyl halides is 3. The first-order valence-electron chi connectivity index (χ1n) is 12.4. The fraction of sp³-hybridized carbons (Fsp3) is 0.704. The van der Waals surface area contributed by atoms with E-state index < -0.39 is 12.3 Å². The molecular weight excluding hydrogens is 429 g/mol. The number of benzene rings is 1. The Morgan fingerprint density at radius 1 is 1.21 bits per heavy atom. The van der Waals surface area contributed by atoms with Crippen LogP contribution in [0.3, 0.4) is 0 Å². The lowest BCUT2D eigenvalue weighted by atomic mass is 9.44. The van der Waals surface area contributed by atoms with Gasteiger partial charge in [-0.3, -0.25) is 0 Å². The molecule has 0 spiro atoms. The number of phenols is 1. The maximum Gasteiger partial charge on any atom is 0.414 e. The number of aliphatic hydroxyl groups is 2. The van der Waals surface area contributed by atoms with Gasteiger partial charge in [-0.2, -0.15) is 13.2 Å². The molecule has 7 atom stereocenters. The first-order chi connectivity index (χ1) is 15.5. The van der Waals surface area contributed by atoms with Crippen LogP contribution in [-0.2, 0) is 6.42 Å².